The van der Waals surface area contributed by atoms with Crippen molar-refractivity contribution in [3.8, 4) is 11.8 Å². The number of hydrogen-bond donors (Lipinski definition) is 0. The summed E-state index contributed by atoms with van der Waals surface area (Å²) in [7, 11) is 0. The lowest BCUT2D eigenvalue weighted by Gasteiger charge is -2.06. The monoisotopic (exact) mass is 207 g/mol. The first-order valence-corrected chi connectivity index (χ1v) is 4.91. The lowest BCUT2D eigenvalue weighted by molar-refractivity contribution is 0.571. The van der Waals surface area contributed by atoms with E-state index in [1.165, 1.54) is 0 Å². The zero-order valence-electron chi connectivity index (χ0n) is 8.98. The molecule has 0 fully saturated rings. The van der Waals surface area contributed by atoms with Gasteiger partial charge >= 0.3 is 0 Å². The molecule has 1 aromatic rings. The Labute approximate surface area is 90.5 Å². The molecule has 0 atom stereocenters. The number of aryl methyl sites for hydroxylation is 1. The molecule has 2 heteroatoms. The summed E-state index contributed by atoms with van der Waals surface area (Å²) in [4.78, 5) is 4.18. The molecule has 0 aromatic carbocycles. The quantitative estimate of drug-likeness (QED) is 0.594. The Morgan fingerprint density at radius 1 is 1.36 bits per heavy atom. The third kappa shape index (κ3) is 3.40. The van der Waals surface area contributed by atoms with Gasteiger partial charge in [-0.2, -0.15) is 0 Å². The molecule has 1 rings (SSSR count). The van der Waals surface area contributed by atoms with E-state index in [1.807, 2.05) is 6.92 Å². The summed E-state index contributed by atoms with van der Waals surface area (Å²) in [5.41, 5.74) is 1.71. The zero-order chi connectivity index (χ0) is 10.8. The van der Waals surface area contributed by atoms with Gasteiger partial charge in [0.1, 0.15) is 5.69 Å². The summed E-state index contributed by atoms with van der Waals surface area (Å²) in [6.45, 7) is 8.12. The smallest absolute Gasteiger partial charge is 0.114 e. The molecule has 0 unspecified atom stereocenters. The molecule has 0 spiro atoms. The predicted molar refractivity (Wildman–Crippen MR) is 60.3 cm³/mol. The molecule has 14 heavy (non-hydrogen) atoms. The minimum absolute atomic E-state index is 0.000950. The summed E-state index contributed by atoms with van der Waals surface area (Å²) >= 11 is 5.96. The first kappa shape index (κ1) is 11.1. The van der Waals surface area contributed by atoms with Gasteiger partial charge in [0.25, 0.3) is 0 Å². The number of halogens is 1. The summed E-state index contributed by atoms with van der Waals surface area (Å²) < 4.78 is 0. The van der Waals surface area contributed by atoms with Crippen LogP contribution in [0.4, 0.5) is 0 Å². The molecular formula is C12H14ClN. The van der Waals surface area contributed by atoms with Gasteiger partial charge in [-0.05, 0) is 45.2 Å². The van der Waals surface area contributed by atoms with E-state index in [0.717, 1.165) is 16.3 Å². The van der Waals surface area contributed by atoms with Crippen LogP contribution in [0.1, 0.15) is 32.0 Å². The average Bonchev–Trinajstić information content (AvgIpc) is 2.06. The Morgan fingerprint density at radius 3 is 2.50 bits per heavy atom. The molecule has 1 nitrogen and oxygen atoms in total. The number of nitrogens with zero attached hydrogens (tertiary/aromatic N) is 1. The van der Waals surface area contributed by atoms with Gasteiger partial charge in [-0.3, -0.25) is 0 Å². The second-order valence-corrected chi connectivity index (χ2v) is 4.73. The lowest BCUT2D eigenvalue weighted by atomic mass is 9.98. The molecule has 0 saturated heterocycles. The van der Waals surface area contributed by atoms with Crippen LogP contribution in [0.3, 0.4) is 0 Å². The molecule has 0 aliphatic carbocycles. The van der Waals surface area contributed by atoms with E-state index in [1.54, 1.807) is 12.3 Å². The number of rotatable bonds is 0. The molecular weight excluding hydrogens is 194 g/mol. The largest absolute Gasteiger partial charge is 0.247 e. The fourth-order valence-electron chi connectivity index (χ4n) is 0.819. The maximum atomic E-state index is 5.96. The summed E-state index contributed by atoms with van der Waals surface area (Å²) in [5.74, 6) is 6.12. The van der Waals surface area contributed by atoms with E-state index in [2.05, 4.69) is 37.6 Å². The van der Waals surface area contributed by atoms with Crippen LogP contribution >= 0.6 is 11.6 Å². The van der Waals surface area contributed by atoms with Crippen molar-refractivity contribution in [2.24, 2.45) is 5.41 Å². The van der Waals surface area contributed by atoms with Gasteiger partial charge in [-0.1, -0.05) is 17.5 Å². The first-order valence-electron chi connectivity index (χ1n) is 4.54. The van der Waals surface area contributed by atoms with Gasteiger partial charge in [0.05, 0.1) is 0 Å². The van der Waals surface area contributed by atoms with Crippen LogP contribution < -0.4 is 0 Å². The molecule has 74 valence electrons. The van der Waals surface area contributed by atoms with Crippen LogP contribution in [0.15, 0.2) is 12.3 Å². The molecule has 0 aliphatic heterocycles. The topological polar surface area (TPSA) is 12.9 Å². The summed E-state index contributed by atoms with van der Waals surface area (Å²) in [6.07, 6.45) is 1.75. The van der Waals surface area contributed by atoms with Crippen LogP contribution in [0.2, 0.25) is 5.02 Å². The maximum Gasteiger partial charge on any atom is 0.114 e. The van der Waals surface area contributed by atoms with Gasteiger partial charge in [0, 0.05) is 16.6 Å². The minimum Gasteiger partial charge on any atom is -0.247 e. The molecule has 1 aromatic heterocycles. The zero-order valence-corrected chi connectivity index (χ0v) is 9.74. The van der Waals surface area contributed by atoms with Crippen LogP contribution in [0, 0.1) is 24.2 Å². The van der Waals surface area contributed by atoms with Crippen molar-refractivity contribution in [2.75, 3.05) is 0 Å². The number of pyridine rings is 1. The minimum atomic E-state index is -0.000950. The van der Waals surface area contributed by atoms with Gasteiger partial charge in [0.15, 0.2) is 0 Å². The summed E-state index contributed by atoms with van der Waals surface area (Å²) in [5, 5.41) is 0.721. The van der Waals surface area contributed by atoms with E-state index in [4.69, 9.17) is 11.6 Å². The number of aromatic nitrogens is 1. The van der Waals surface area contributed by atoms with E-state index in [9.17, 15) is 0 Å². The van der Waals surface area contributed by atoms with E-state index in [-0.39, 0.29) is 5.41 Å². The van der Waals surface area contributed by atoms with Gasteiger partial charge in [0.2, 0.25) is 0 Å². The SMILES string of the molecule is Cc1cnc(C#CC(C)(C)C)cc1Cl. The predicted octanol–water partition coefficient (Wildman–Crippen LogP) is 3.44. The van der Waals surface area contributed by atoms with Crippen molar-refractivity contribution >= 4 is 11.6 Å². The molecule has 0 radical (unpaired) electrons. The van der Waals surface area contributed by atoms with E-state index < -0.39 is 0 Å². The molecule has 0 amide bonds. The normalized spacial score (nSPS) is 10.6. The Hall–Kier alpha value is -1.00. The first-order chi connectivity index (χ1) is 6.38. The van der Waals surface area contributed by atoms with Crippen molar-refractivity contribution in [2.45, 2.75) is 27.7 Å². The molecule has 1 heterocycles. The van der Waals surface area contributed by atoms with E-state index >= 15 is 0 Å². The molecule has 0 N–H and O–H groups in total. The molecule has 0 aliphatic rings. The summed E-state index contributed by atoms with van der Waals surface area (Å²) in [6, 6.07) is 1.80. The number of hydrogen-bond acceptors (Lipinski definition) is 1. The van der Waals surface area contributed by atoms with E-state index in [0.29, 0.717) is 0 Å². The second-order valence-electron chi connectivity index (χ2n) is 4.32. The van der Waals surface area contributed by atoms with Crippen LogP contribution in [-0.2, 0) is 0 Å². The van der Waals surface area contributed by atoms with Crippen molar-refractivity contribution < 1.29 is 0 Å². The Morgan fingerprint density at radius 2 is 2.00 bits per heavy atom. The Balaban J connectivity index is 2.98. The fourth-order valence-corrected chi connectivity index (χ4v) is 0.971. The Kier molecular flexibility index (Phi) is 3.18. The average molecular weight is 208 g/mol. The highest BCUT2D eigenvalue weighted by Crippen LogP contribution is 2.15. The van der Waals surface area contributed by atoms with Crippen molar-refractivity contribution in [1.82, 2.24) is 4.98 Å². The maximum absolute atomic E-state index is 5.96. The standard InChI is InChI=1S/C12H14ClN/c1-9-8-14-10(7-11(9)13)5-6-12(2,3)4/h7-8H,1-4H3. The van der Waals surface area contributed by atoms with Crippen molar-refractivity contribution in [3.05, 3.63) is 28.5 Å². The van der Waals surface area contributed by atoms with Crippen LogP contribution in [0.5, 0.6) is 0 Å². The third-order valence-corrected chi connectivity index (χ3v) is 2.01. The second kappa shape index (κ2) is 4.02. The highest BCUT2D eigenvalue weighted by atomic mass is 35.5. The highest BCUT2D eigenvalue weighted by Gasteiger charge is 2.04. The highest BCUT2D eigenvalue weighted by molar-refractivity contribution is 6.31. The van der Waals surface area contributed by atoms with Crippen molar-refractivity contribution in [1.29, 1.82) is 0 Å². The molecule has 0 bridgehead atoms. The van der Waals surface area contributed by atoms with Gasteiger partial charge in [-0.25, -0.2) is 4.98 Å². The Bertz CT molecular complexity index is 391. The molecule has 0 saturated carbocycles. The lowest BCUT2D eigenvalue weighted by Crippen LogP contribution is -1.99. The van der Waals surface area contributed by atoms with Crippen molar-refractivity contribution in [3.63, 3.8) is 0 Å². The van der Waals surface area contributed by atoms with Gasteiger partial charge < -0.3 is 0 Å². The van der Waals surface area contributed by atoms with Crippen LogP contribution in [-0.4, -0.2) is 4.98 Å². The fraction of sp³-hybridized carbons (Fsp3) is 0.417. The van der Waals surface area contributed by atoms with Crippen LogP contribution in [0.25, 0.3) is 0 Å². The third-order valence-electron chi connectivity index (χ3n) is 1.60. The van der Waals surface area contributed by atoms with Gasteiger partial charge in [-0.15, -0.1) is 0 Å².